The fraction of sp³-hybridized carbons (Fsp3) is 0.267. The largest absolute Gasteiger partial charge is 0.486 e. The molecule has 1 heterocycles. The van der Waals surface area contributed by atoms with Crippen LogP contribution in [-0.4, -0.2) is 15.9 Å². The lowest BCUT2D eigenvalue weighted by Gasteiger charge is -2.13. The third-order valence-corrected chi connectivity index (χ3v) is 3.93. The number of carbonyl (C=O) groups excluding carboxylic acids is 1. The number of nitrogen functional groups attached to an aromatic ring is 2. The van der Waals surface area contributed by atoms with Crippen molar-refractivity contribution in [2.45, 2.75) is 26.9 Å². The van der Waals surface area contributed by atoms with E-state index < -0.39 is 5.91 Å². The van der Waals surface area contributed by atoms with Crippen molar-refractivity contribution in [3.63, 3.8) is 0 Å². The Morgan fingerprint density at radius 1 is 1.39 bits per heavy atom. The zero-order valence-electron chi connectivity index (χ0n) is 12.9. The van der Waals surface area contributed by atoms with Crippen molar-refractivity contribution in [2.75, 3.05) is 5.73 Å². The molecule has 0 saturated heterocycles. The van der Waals surface area contributed by atoms with Gasteiger partial charge < -0.3 is 10.5 Å². The Bertz CT molecular complexity index is 736. The number of aryl methyl sites for hydroxylation is 2. The first kappa shape index (κ1) is 17.2. The number of hydrazine groups is 1. The highest BCUT2D eigenvalue weighted by atomic mass is 79.9. The monoisotopic (exact) mass is 379 g/mol. The SMILES string of the molecule is CCc1ccc(OCc2nc(N)nc(C)c2C(=O)NN)c(Br)c1. The van der Waals surface area contributed by atoms with Gasteiger partial charge in [-0.25, -0.2) is 15.8 Å². The number of nitrogens with one attached hydrogen (secondary N) is 1. The second-order valence-corrected chi connectivity index (χ2v) is 5.72. The van der Waals surface area contributed by atoms with E-state index >= 15 is 0 Å². The van der Waals surface area contributed by atoms with Gasteiger partial charge >= 0.3 is 0 Å². The van der Waals surface area contributed by atoms with Crippen LogP contribution in [0.2, 0.25) is 0 Å². The molecule has 1 aromatic heterocycles. The third-order valence-electron chi connectivity index (χ3n) is 3.31. The van der Waals surface area contributed by atoms with Crippen LogP contribution in [0, 0.1) is 6.92 Å². The van der Waals surface area contributed by atoms with E-state index in [4.69, 9.17) is 16.3 Å². The zero-order valence-corrected chi connectivity index (χ0v) is 14.5. The van der Waals surface area contributed by atoms with Gasteiger partial charge in [0.25, 0.3) is 5.91 Å². The first-order chi connectivity index (χ1) is 11.0. The van der Waals surface area contributed by atoms with Gasteiger partial charge in [0, 0.05) is 0 Å². The highest BCUT2D eigenvalue weighted by molar-refractivity contribution is 9.10. The molecule has 0 bridgehead atoms. The number of nitrogens with zero attached hydrogens (tertiary/aromatic N) is 2. The van der Waals surface area contributed by atoms with Crippen LogP contribution in [0.3, 0.4) is 0 Å². The molecule has 122 valence electrons. The van der Waals surface area contributed by atoms with Crippen molar-refractivity contribution < 1.29 is 9.53 Å². The van der Waals surface area contributed by atoms with E-state index in [-0.39, 0.29) is 18.1 Å². The molecule has 0 radical (unpaired) electrons. The first-order valence-electron chi connectivity index (χ1n) is 7.01. The Labute approximate surface area is 142 Å². The molecular weight excluding hydrogens is 362 g/mol. The number of aromatic nitrogens is 2. The number of hydrogen-bond donors (Lipinski definition) is 3. The van der Waals surface area contributed by atoms with E-state index in [1.165, 1.54) is 5.56 Å². The molecule has 1 amide bonds. The van der Waals surface area contributed by atoms with Gasteiger partial charge in [-0.15, -0.1) is 0 Å². The number of anilines is 1. The minimum atomic E-state index is -0.485. The maximum Gasteiger partial charge on any atom is 0.269 e. The number of ether oxygens (including phenoxy) is 1. The molecular formula is C15H18BrN5O2. The Balaban J connectivity index is 2.28. The van der Waals surface area contributed by atoms with E-state index in [0.717, 1.165) is 10.9 Å². The predicted molar refractivity (Wildman–Crippen MR) is 90.7 cm³/mol. The van der Waals surface area contributed by atoms with Gasteiger partial charge in [0.15, 0.2) is 0 Å². The molecule has 8 heteroatoms. The lowest BCUT2D eigenvalue weighted by molar-refractivity contribution is 0.0949. The molecule has 0 fully saturated rings. The van der Waals surface area contributed by atoms with Crippen LogP contribution in [0.15, 0.2) is 22.7 Å². The number of benzene rings is 1. The normalized spacial score (nSPS) is 10.4. The zero-order chi connectivity index (χ0) is 17.0. The maximum absolute atomic E-state index is 11.9. The lowest BCUT2D eigenvalue weighted by atomic mass is 10.1. The Hall–Kier alpha value is -2.19. The fourth-order valence-corrected chi connectivity index (χ4v) is 2.70. The highest BCUT2D eigenvalue weighted by Crippen LogP contribution is 2.27. The molecule has 0 aliphatic rings. The average Bonchev–Trinajstić information content (AvgIpc) is 2.52. The summed E-state index contributed by atoms with van der Waals surface area (Å²) in [6.07, 6.45) is 0.932. The van der Waals surface area contributed by atoms with Gasteiger partial charge in [0.05, 0.1) is 21.4 Å². The van der Waals surface area contributed by atoms with Crippen LogP contribution in [0.5, 0.6) is 5.75 Å². The third kappa shape index (κ3) is 3.96. The summed E-state index contributed by atoms with van der Waals surface area (Å²) < 4.78 is 6.59. The van der Waals surface area contributed by atoms with Crippen molar-refractivity contribution >= 4 is 27.8 Å². The summed E-state index contributed by atoms with van der Waals surface area (Å²) in [5.41, 5.74) is 10.0. The topological polar surface area (TPSA) is 116 Å². The van der Waals surface area contributed by atoms with Crippen LogP contribution in [0.25, 0.3) is 0 Å². The van der Waals surface area contributed by atoms with E-state index in [1.54, 1.807) is 6.92 Å². The summed E-state index contributed by atoms with van der Waals surface area (Å²) in [7, 11) is 0. The standard InChI is InChI=1S/C15H18BrN5O2/c1-3-9-4-5-12(10(16)6-9)23-7-11-13(14(22)21-18)8(2)19-15(17)20-11/h4-6H,3,7,18H2,1-2H3,(H,21,22)(H2,17,19,20). The van der Waals surface area contributed by atoms with Gasteiger partial charge in [-0.1, -0.05) is 13.0 Å². The first-order valence-corrected chi connectivity index (χ1v) is 7.80. The van der Waals surface area contributed by atoms with Crippen LogP contribution in [0.1, 0.15) is 34.2 Å². The van der Waals surface area contributed by atoms with Crippen molar-refractivity contribution in [1.82, 2.24) is 15.4 Å². The molecule has 1 aromatic carbocycles. The summed E-state index contributed by atoms with van der Waals surface area (Å²) in [5, 5.41) is 0. The van der Waals surface area contributed by atoms with Gasteiger partial charge in [0.1, 0.15) is 12.4 Å². The number of amides is 1. The molecule has 0 atom stereocenters. The van der Waals surface area contributed by atoms with Crippen LogP contribution in [-0.2, 0) is 13.0 Å². The Morgan fingerprint density at radius 3 is 2.74 bits per heavy atom. The number of carbonyl (C=O) groups is 1. The van der Waals surface area contributed by atoms with Crippen LogP contribution >= 0.6 is 15.9 Å². The summed E-state index contributed by atoms with van der Waals surface area (Å²) in [4.78, 5) is 20.0. The van der Waals surface area contributed by atoms with Crippen LogP contribution in [0.4, 0.5) is 5.95 Å². The summed E-state index contributed by atoms with van der Waals surface area (Å²) in [5.74, 6) is 5.45. The summed E-state index contributed by atoms with van der Waals surface area (Å²) >= 11 is 3.47. The van der Waals surface area contributed by atoms with Crippen molar-refractivity contribution in [1.29, 1.82) is 0 Å². The average molecular weight is 380 g/mol. The molecule has 0 saturated carbocycles. The van der Waals surface area contributed by atoms with Gasteiger partial charge in [0.2, 0.25) is 5.95 Å². The second kappa shape index (κ2) is 7.38. The van der Waals surface area contributed by atoms with E-state index in [1.807, 2.05) is 18.2 Å². The number of halogens is 1. The maximum atomic E-state index is 11.9. The molecule has 5 N–H and O–H groups in total. The van der Waals surface area contributed by atoms with Crippen molar-refractivity contribution in [3.8, 4) is 5.75 Å². The smallest absolute Gasteiger partial charge is 0.269 e. The van der Waals surface area contributed by atoms with E-state index in [2.05, 4.69) is 38.2 Å². The minimum absolute atomic E-state index is 0.0698. The second-order valence-electron chi connectivity index (χ2n) is 4.87. The summed E-state index contributed by atoms with van der Waals surface area (Å²) in [6, 6.07) is 5.83. The lowest BCUT2D eigenvalue weighted by Crippen LogP contribution is -2.32. The van der Waals surface area contributed by atoms with Gasteiger partial charge in [-0.05, 0) is 47.0 Å². The highest BCUT2D eigenvalue weighted by Gasteiger charge is 2.18. The number of hydrogen-bond acceptors (Lipinski definition) is 6. The van der Waals surface area contributed by atoms with E-state index in [0.29, 0.717) is 17.1 Å². The Kier molecular flexibility index (Phi) is 5.51. The minimum Gasteiger partial charge on any atom is -0.486 e. The molecule has 0 unspecified atom stereocenters. The number of nitrogens with two attached hydrogens (primary N) is 2. The van der Waals surface area contributed by atoms with Crippen molar-refractivity contribution in [2.24, 2.45) is 5.84 Å². The molecule has 0 aliphatic carbocycles. The molecule has 2 rings (SSSR count). The van der Waals surface area contributed by atoms with Crippen LogP contribution < -0.4 is 21.7 Å². The molecule has 2 aromatic rings. The summed E-state index contributed by atoms with van der Waals surface area (Å²) in [6.45, 7) is 3.81. The van der Waals surface area contributed by atoms with Gasteiger partial charge in [-0.3, -0.25) is 10.2 Å². The fourth-order valence-electron chi connectivity index (χ4n) is 2.16. The van der Waals surface area contributed by atoms with E-state index in [9.17, 15) is 4.79 Å². The molecule has 0 spiro atoms. The molecule has 0 aliphatic heterocycles. The van der Waals surface area contributed by atoms with Gasteiger partial charge in [-0.2, -0.15) is 0 Å². The number of rotatable bonds is 5. The predicted octanol–water partition coefficient (Wildman–Crippen LogP) is 1.87. The molecule has 23 heavy (non-hydrogen) atoms. The Morgan fingerprint density at radius 2 is 2.13 bits per heavy atom. The quantitative estimate of drug-likeness (QED) is 0.414. The molecule has 7 nitrogen and oxygen atoms in total. The van der Waals surface area contributed by atoms with Crippen molar-refractivity contribution in [3.05, 3.63) is 45.2 Å².